The van der Waals surface area contributed by atoms with E-state index in [-0.39, 0.29) is 30.8 Å². The lowest BCUT2D eigenvalue weighted by atomic mass is 10.1. The molecule has 0 spiro atoms. The summed E-state index contributed by atoms with van der Waals surface area (Å²) in [7, 11) is 2.05. The van der Waals surface area contributed by atoms with Crippen LogP contribution in [0.5, 0.6) is 0 Å². The van der Waals surface area contributed by atoms with Crippen molar-refractivity contribution in [3.8, 4) is 0 Å². The van der Waals surface area contributed by atoms with E-state index in [4.69, 9.17) is 9.97 Å². The molecule has 5 aromatic heterocycles. The van der Waals surface area contributed by atoms with Crippen molar-refractivity contribution in [3.63, 3.8) is 0 Å². The molecule has 562 valence electrons. The summed E-state index contributed by atoms with van der Waals surface area (Å²) in [5.74, 6) is 5.98. The SMILES string of the molecule is Cc1cc(C)cc(N2c3cccnc3N(c3ccccc3C)[C@@H]2C)c1.Cc1ccccc1N1c2ncccc2N(C(C)C)[C@H]1C.Cc1ccccc1N1c2ncccc2N(c2c(C)cccc2C)[C@H]1C.Cc1ccccc1N1c2ncccc2N(c2ccccc2)[C@H]1C.Cc1ccccc1N1c2nccnc2N(C)[C@H]1C. The second kappa shape index (κ2) is 32.3. The van der Waals surface area contributed by atoms with Crippen LogP contribution in [0.2, 0.25) is 0 Å². The monoisotopic (exact) mass is 1470 g/mol. The average Bonchev–Trinajstić information content (AvgIpc) is 1.71. The Morgan fingerprint density at radius 2 is 0.541 bits per heavy atom. The minimum atomic E-state index is 0.158. The molecule has 0 fully saturated rings. The molecule has 0 unspecified atom stereocenters. The topological polar surface area (TPSA) is 110 Å². The summed E-state index contributed by atoms with van der Waals surface area (Å²) >= 11 is 0. The molecule has 10 heterocycles. The number of rotatable bonds is 9. The van der Waals surface area contributed by atoms with E-state index in [0.717, 1.165) is 52.0 Å². The highest BCUT2D eigenvalue weighted by molar-refractivity contribution is 5.91. The molecule has 0 saturated carbocycles. The van der Waals surface area contributed by atoms with Crippen LogP contribution in [0, 0.1) is 62.3 Å². The van der Waals surface area contributed by atoms with Gasteiger partial charge in [-0.2, -0.15) is 0 Å². The number of hydrogen-bond donors (Lipinski definition) is 0. The van der Waals surface area contributed by atoms with E-state index in [1.165, 1.54) is 101 Å². The average molecular weight is 1470 g/mol. The summed E-state index contributed by atoms with van der Waals surface area (Å²) in [6.45, 7) is 35.0. The van der Waals surface area contributed by atoms with Crippen LogP contribution in [0.1, 0.15) is 98.5 Å². The number of anilines is 18. The zero-order valence-electron chi connectivity index (χ0n) is 67.1. The maximum atomic E-state index is 4.73. The third-order valence-corrected chi connectivity index (χ3v) is 21.8. The summed E-state index contributed by atoms with van der Waals surface area (Å²) in [5.41, 5.74) is 25.9. The minimum Gasteiger partial charge on any atom is -0.346 e. The fourth-order valence-electron chi connectivity index (χ4n) is 16.7. The summed E-state index contributed by atoms with van der Waals surface area (Å²) in [6.07, 6.45) is 12.0. The quantitative estimate of drug-likeness (QED) is 0.137. The fraction of sp³-hybridized carbons (Fsp3) is 0.242. The first kappa shape index (κ1) is 75.3. The summed E-state index contributed by atoms with van der Waals surface area (Å²) in [5, 5.41) is 0. The molecule has 0 bridgehead atoms. The Morgan fingerprint density at radius 1 is 0.243 bits per heavy atom. The van der Waals surface area contributed by atoms with E-state index in [1.54, 1.807) is 12.4 Å². The number of nitrogens with zero attached hydrogens (tertiary/aromatic N) is 16. The Morgan fingerprint density at radius 3 is 0.937 bits per heavy atom. The number of aryl methyl sites for hydroxylation is 9. The Labute approximate surface area is 656 Å². The van der Waals surface area contributed by atoms with Crippen LogP contribution in [0.4, 0.5) is 103 Å². The van der Waals surface area contributed by atoms with Gasteiger partial charge in [-0.3, -0.25) is 0 Å². The Bertz CT molecular complexity index is 5390. The van der Waals surface area contributed by atoms with Crippen LogP contribution in [-0.2, 0) is 0 Å². The third-order valence-electron chi connectivity index (χ3n) is 21.8. The molecule has 111 heavy (non-hydrogen) atoms. The van der Waals surface area contributed by atoms with E-state index < -0.39 is 0 Å². The molecule has 13 aromatic rings. The molecular weight excluding hydrogens is 1370 g/mol. The van der Waals surface area contributed by atoms with Crippen molar-refractivity contribution >= 4 is 103 Å². The molecule has 0 saturated heterocycles. The van der Waals surface area contributed by atoms with Crippen LogP contribution in [-0.4, -0.2) is 73.8 Å². The molecule has 8 aromatic carbocycles. The predicted octanol–water partition coefficient (Wildman–Crippen LogP) is 23.1. The number of hydrogen-bond acceptors (Lipinski definition) is 16. The van der Waals surface area contributed by atoms with Crippen LogP contribution in [0.15, 0.2) is 274 Å². The molecule has 16 nitrogen and oxygen atoms in total. The second-order valence-corrected chi connectivity index (χ2v) is 29.7. The van der Waals surface area contributed by atoms with Gasteiger partial charge >= 0.3 is 0 Å². The van der Waals surface area contributed by atoms with Crippen molar-refractivity contribution < 1.29 is 0 Å². The number of aromatic nitrogens is 6. The lowest BCUT2D eigenvalue weighted by Gasteiger charge is -2.33. The molecule has 0 N–H and O–H groups in total. The van der Waals surface area contributed by atoms with Gasteiger partial charge in [0.25, 0.3) is 0 Å². The van der Waals surface area contributed by atoms with Crippen LogP contribution < -0.4 is 49.0 Å². The minimum absolute atomic E-state index is 0.158. The van der Waals surface area contributed by atoms with Crippen LogP contribution in [0.3, 0.4) is 0 Å². The largest absolute Gasteiger partial charge is 0.346 e. The fourth-order valence-corrected chi connectivity index (χ4v) is 16.7. The number of fused-ring (bicyclic) bond motifs is 5. The van der Waals surface area contributed by atoms with E-state index in [9.17, 15) is 0 Å². The first-order valence-electron chi connectivity index (χ1n) is 38.7. The van der Waals surface area contributed by atoms with E-state index >= 15 is 0 Å². The highest BCUT2D eigenvalue weighted by atomic mass is 15.5. The van der Waals surface area contributed by atoms with Crippen molar-refractivity contribution in [1.29, 1.82) is 0 Å². The highest BCUT2D eigenvalue weighted by Crippen LogP contribution is 2.52. The van der Waals surface area contributed by atoms with Crippen molar-refractivity contribution in [3.05, 3.63) is 324 Å². The summed E-state index contributed by atoms with van der Waals surface area (Å²) in [6, 6.07) is 83.2. The molecule has 0 amide bonds. The van der Waals surface area contributed by atoms with Crippen molar-refractivity contribution in [2.45, 2.75) is 148 Å². The highest BCUT2D eigenvalue weighted by Gasteiger charge is 2.42. The Hall–Kier alpha value is -12.6. The van der Waals surface area contributed by atoms with Gasteiger partial charge in [-0.25, -0.2) is 29.9 Å². The Balaban J connectivity index is 0.000000116. The van der Waals surface area contributed by atoms with Crippen LogP contribution >= 0.6 is 0 Å². The maximum Gasteiger partial charge on any atom is 0.178 e. The molecule has 0 radical (unpaired) electrons. The van der Waals surface area contributed by atoms with Gasteiger partial charge in [-0.15, -0.1) is 0 Å². The predicted molar refractivity (Wildman–Crippen MR) is 464 cm³/mol. The first-order valence-corrected chi connectivity index (χ1v) is 38.7. The van der Waals surface area contributed by atoms with Gasteiger partial charge in [0.05, 0.1) is 22.7 Å². The lowest BCUT2D eigenvalue weighted by molar-refractivity contribution is 0.606. The normalized spacial score (nSPS) is 16.9. The number of pyridine rings is 4. The van der Waals surface area contributed by atoms with Gasteiger partial charge in [0.1, 0.15) is 30.8 Å². The zero-order chi connectivity index (χ0) is 77.9. The molecule has 5 aliphatic rings. The zero-order valence-corrected chi connectivity index (χ0v) is 67.1. The summed E-state index contributed by atoms with van der Waals surface area (Å²) in [4.78, 5) is 50.9. The number of benzene rings is 8. The van der Waals surface area contributed by atoms with Gasteiger partial charge in [-0.1, -0.05) is 133 Å². The summed E-state index contributed by atoms with van der Waals surface area (Å²) < 4.78 is 0. The Kier molecular flexibility index (Phi) is 21.9. The lowest BCUT2D eigenvalue weighted by Crippen LogP contribution is -2.42. The van der Waals surface area contributed by atoms with Crippen molar-refractivity contribution in [2.75, 3.05) is 56.0 Å². The van der Waals surface area contributed by atoms with Gasteiger partial charge in [0.2, 0.25) is 0 Å². The second-order valence-electron chi connectivity index (χ2n) is 29.7. The molecule has 16 heteroatoms. The van der Waals surface area contributed by atoms with Crippen molar-refractivity contribution in [2.24, 2.45) is 0 Å². The number of para-hydroxylation sites is 7. The first-order chi connectivity index (χ1) is 53.7. The molecule has 18 rings (SSSR count). The molecular formula is C95H102N16. The van der Waals surface area contributed by atoms with Crippen molar-refractivity contribution in [1.82, 2.24) is 29.9 Å². The van der Waals surface area contributed by atoms with Gasteiger partial charge < -0.3 is 49.0 Å². The van der Waals surface area contributed by atoms with E-state index in [0.29, 0.717) is 6.04 Å². The van der Waals surface area contributed by atoms with Gasteiger partial charge in [0.15, 0.2) is 34.9 Å². The van der Waals surface area contributed by atoms with Crippen LogP contribution in [0.25, 0.3) is 0 Å². The smallest absolute Gasteiger partial charge is 0.178 e. The van der Waals surface area contributed by atoms with Gasteiger partial charge in [-0.05, 0) is 264 Å². The molecule has 0 aliphatic carbocycles. The molecule has 5 aliphatic heterocycles. The van der Waals surface area contributed by atoms with Gasteiger partial charge in [0, 0.05) is 95.8 Å². The third kappa shape index (κ3) is 14.5. The standard InChI is InChI=1S/2C22H23N3.C20H19N3.C17H21N3.C14H16N4/c1-15-9-5-6-12-19(15)25-18(4)24(20-13-8-14-23-22(20)25)21-16(2)10-7-11-17(21)3;1-15-12-16(2)14-19(13-15)24-18(4)25(20-9-6-5-8-17(20)3)22-21(24)10-7-11-23-22;1-15-9-6-7-12-18(15)23-16(2)22(17-10-4-3-5-11-17)19-13-8-14-21-20(19)23;1-12(2)19-14(4)20(15-9-6-5-8-13(15)3)17-16(19)10-7-11-18-17;1-10-6-4-5-7-12(10)18-11(2)17(3)13-14(18)16-9-8-15-13/h2*5-14,18H,1-4H3;3-14,16H,1-2H3;5-12,14H,1-4H3;4-9,11H,1-3H3/t2*18-;16-;14-;11-/m11111/s1. The van der Waals surface area contributed by atoms with E-state index in [1.807, 2.05) is 55.1 Å². The molecule has 5 atom stereocenters. The van der Waals surface area contributed by atoms with E-state index in [2.05, 4.69) is 393 Å². The maximum absolute atomic E-state index is 4.73.